The van der Waals surface area contributed by atoms with Crippen LogP contribution in [0.15, 0.2) is 12.4 Å². The Morgan fingerprint density at radius 1 is 1.24 bits per heavy atom. The van der Waals surface area contributed by atoms with Gasteiger partial charge >= 0.3 is 0 Å². The second kappa shape index (κ2) is 3.37. The van der Waals surface area contributed by atoms with Crippen LogP contribution in [-0.4, -0.2) is 15.0 Å². The summed E-state index contributed by atoms with van der Waals surface area (Å²) in [7, 11) is 0. The Kier molecular flexibility index (Phi) is 1.93. The minimum atomic E-state index is 0.526. The first-order valence-corrected chi connectivity index (χ1v) is 6.74. The number of rotatable bonds is 0. The summed E-state index contributed by atoms with van der Waals surface area (Å²) < 4.78 is 0.945. The summed E-state index contributed by atoms with van der Waals surface area (Å²) in [6, 6.07) is 2.23. The van der Waals surface area contributed by atoms with Crippen molar-refractivity contribution in [1.29, 1.82) is 0 Å². The highest BCUT2D eigenvalue weighted by Gasteiger charge is 2.17. The second-order valence-electron chi connectivity index (χ2n) is 4.24. The van der Waals surface area contributed by atoms with Crippen LogP contribution in [-0.2, 0) is 12.8 Å². The van der Waals surface area contributed by atoms with E-state index in [9.17, 15) is 0 Å². The van der Waals surface area contributed by atoms with Crippen LogP contribution in [0.25, 0.3) is 20.4 Å². The van der Waals surface area contributed by atoms with E-state index in [1.54, 1.807) is 11.3 Å². The zero-order chi connectivity index (χ0) is 11.4. The molecule has 3 aromatic rings. The number of thiophene rings is 1. The van der Waals surface area contributed by atoms with Crippen LogP contribution in [0.2, 0.25) is 5.15 Å². The van der Waals surface area contributed by atoms with E-state index in [-0.39, 0.29) is 0 Å². The lowest BCUT2D eigenvalue weighted by molar-refractivity contribution is 0.901. The van der Waals surface area contributed by atoms with Gasteiger partial charge in [0.2, 0.25) is 0 Å². The molecule has 1 aliphatic rings. The first kappa shape index (κ1) is 9.74. The number of nitrogens with zero attached hydrogens (tertiary/aromatic N) is 3. The fourth-order valence-corrected chi connectivity index (χ4v) is 3.69. The Morgan fingerprint density at radius 2 is 2.18 bits per heavy atom. The Hall–Kier alpha value is -1.26. The van der Waals surface area contributed by atoms with Crippen LogP contribution < -0.4 is 0 Å². The van der Waals surface area contributed by atoms with Gasteiger partial charge in [0.1, 0.15) is 16.3 Å². The summed E-state index contributed by atoms with van der Waals surface area (Å²) in [4.78, 5) is 14.1. The lowest BCUT2D eigenvalue weighted by Gasteiger charge is -1.97. The van der Waals surface area contributed by atoms with Crippen LogP contribution in [0.4, 0.5) is 0 Å². The maximum absolute atomic E-state index is 6.09. The molecule has 0 saturated heterocycles. The van der Waals surface area contributed by atoms with E-state index in [2.05, 4.69) is 16.0 Å². The summed E-state index contributed by atoms with van der Waals surface area (Å²) in [5.41, 5.74) is 3.55. The third-order valence-corrected chi connectivity index (χ3v) is 4.72. The smallest absolute Gasteiger partial charge is 0.150 e. The van der Waals surface area contributed by atoms with Gasteiger partial charge in [0.25, 0.3) is 0 Å². The molecule has 0 saturated carbocycles. The van der Waals surface area contributed by atoms with Gasteiger partial charge in [-0.2, -0.15) is 0 Å². The number of hydrogen-bond donors (Lipinski definition) is 0. The molecule has 0 aliphatic heterocycles. The molecular formula is C12H8ClN3S. The number of halogens is 1. The second-order valence-corrected chi connectivity index (χ2v) is 5.60. The fraction of sp³-hybridized carbons (Fsp3) is 0.250. The van der Waals surface area contributed by atoms with Crippen molar-refractivity contribution < 1.29 is 0 Å². The van der Waals surface area contributed by atoms with Crippen molar-refractivity contribution in [3.63, 3.8) is 0 Å². The van der Waals surface area contributed by atoms with E-state index in [1.165, 1.54) is 24.0 Å². The average molecular weight is 262 g/mol. The summed E-state index contributed by atoms with van der Waals surface area (Å²) >= 11 is 7.67. The molecule has 0 amide bonds. The highest BCUT2D eigenvalue weighted by Crippen LogP contribution is 2.36. The summed E-state index contributed by atoms with van der Waals surface area (Å²) in [6.07, 6.45) is 4.96. The highest BCUT2D eigenvalue weighted by molar-refractivity contribution is 7.25. The predicted octanol–water partition coefficient (Wildman–Crippen LogP) is 3.38. The predicted molar refractivity (Wildman–Crippen MR) is 69.8 cm³/mol. The summed E-state index contributed by atoms with van der Waals surface area (Å²) in [5.74, 6) is 0. The van der Waals surface area contributed by atoms with Crippen molar-refractivity contribution in [2.75, 3.05) is 0 Å². The number of pyridine rings is 1. The van der Waals surface area contributed by atoms with Gasteiger partial charge in [-0.3, -0.25) is 0 Å². The molecule has 0 aromatic carbocycles. The van der Waals surface area contributed by atoms with Crippen molar-refractivity contribution in [2.24, 2.45) is 0 Å². The molecule has 0 fully saturated rings. The lowest BCUT2D eigenvalue weighted by Crippen LogP contribution is -1.87. The van der Waals surface area contributed by atoms with Gasteiger partial charge in [-0.15, -0.1) is 11.3 Å². The molecule has 0 spiro atoms. The molecule has 5 heteroatoms. The Morgan fingerprint density at radius 3 is 3.12 bits per heavy atom. The molecule has 84 valence electrons. The van der Waals surface area contributed by atoms with E-state index in [0.717, 1.165) is 33.3 Å². The topological polar surface area (TPSA) is 38.7 Å². The van der Waals surface area contributed by atoms with Gasteiger partial charge in [-0.25, -0.2) is 15.0 Å². The maximum atomic E-state index is 6.09. The van der Waals surface area contributed by atoms with E-state index in [1.807, 2.05) is 0 Å². The molecule has 0 N–H and O–H groups in total. The summed E-state index contributed by atoms with van der Waals surface area (Å²) in [6.45, 7) is 0. The Labute approximate surface area is 106 Å². The SMILES string of the molecule is Clc1ncnc2c1sc1nc3c(cc12)CCC3. The first-order valence-electron chi connectivity index (χ1n) is 5.54. The van der Waals surface area contributed by atoms with Crippen LogP contribution in [0, 0.1) is 0 Å². The molecule has 0 radical (unpaired) electrons. The number of aromatic nitrogens is 3. The van der Waals surface area contributed by atoms with Crippen LogP contribution in [0.5, 0.6) is 0 Å². The average Bonchev–Trinajstić information content (AvgIpc) is 2.90. The van der Waals surface area contributed by atoms with E-state index >= 15 is 0 Å². The molecule has 3 nitrogen and oxygen atoms in total. The quantitative estimate of drug-likeness (QED) is 0.583. The molecule has 0 atom stereocenters. The van der Waals surface area contributed by atoms with Gasteiger partial charge in [-0.05, 0) is 30.9 Å². The van der Waals surface area contributed by atoms with Gasteiger partial charge in [0.05, 0.1) is 10.2 Å². The molecule has 17 heavy (non-hydrogen) atoms. The molecule has 1 aliphatic carbocycles. The zero-order valence-corrected chi connectivity index (χ0v) is 10.5. The molecular weight excluding hydrogens is 254 g/mol. The van der Waals surface area contributed by atoms with Crippen molar-refractivity contribution in [1.82, 2.24) is 15.0 Å². The normalized spacial score (nSPS) is 14.6. The van der Waals surface area contributed by atoms with E-state index in [0.29, 0.717) is 5.15 Å². The van der Waals surface area contributed by atoms with Crippen LogP contribution in [0.1, 0.15) is 17.7 Å². The molecule has 3 heterocycles. The van der Waals surface area contributed by atoms with E-state index < -0.39 is 0 Å². The third-order valence-electron chi connectivity index (χ3n) is 3.23. The Balaban J connectivity index is 2.19. The minimum Gasteiger partial charge on any atom is -0.242 e. The monoisotopic (exact) mass is 261 g/mol. The van der Waals surface area contributed by atoms with Crippen molar-refractivity contribution in [3.05, 3.63) is 28.8 Å². The first-order chi connectivity index (χ1) is 8.33. The molecule has 3 aromatic heterocycles. The van der Waals surface area contributed by atoms with Crippen molar-refractivity contribution in [3.8, 4) is 0 Å². The van der Waals surface area contributed by atoms with Gasteiger partial charge in [-0.1, -0.05) is 11.6 Å². The largest absolute Gasteiger partial charge is 0.242 e. The summed E-state index contributed by atoms with van der Waals surface area (Å²) in [5, 5.41) is 1.65. The number of aryl methyl sites for hydroxylation is 2. The minimum absolute atomic E-state index is 0.526. The van der Waals surface area contributed by atoms with Crippen molar-refractivity contribution >= 4 is 43.4 Å². The zero-order valence-electron chi connectivity index (χ0n) is 8.90. The standard InChI is InChI=1S/C12H8ClN3S/c13-11-10-9(14-5-15-11)7-4-6-2-1-3-8(6)16-12(7)17-10/h4-5H,1-3H2. The number of fused-ring (bicyclic) bond motifs is 4. The van der Waals surface area contributed by atoms with Gasteiger partial charge in [0, 0.05) is 11.1 Å². The molecule has 0 unspecified atom stereocenters. The van der Waals surface area contributed by atoms with E-state index in [4.69, 9.17) is 16.6 Å². The number of hydrogen-bond acceptors (Lipinski definition) is 4. The van der Waals surface area contributed by atoms with Gasteiger partial charge in [0.15, 0.2) is 0 Å². The lowest BCUT2D eigenvalue weighted by atomic mass is 10.2. The van der Waals surface area contributed by atoms with Crippen LogP contribution in [0.3, 0.4) is 0 Å². The Bertz CT molecular complexity index is 750. The fourth-order valence-electron chi connectivity index (χ4n) is 2.43. The molecule has 0 bridgehead atoms. The third kappa shape index (κ3) is 1.31. The van der Waals surface area contributed by atoms with Crippen molar-refractivity contribution in [2.45, 2.75) is 19.3 Å². The van der Waals surface area contributed by atoms with Gasteiger partial charge < -0.3 is 0 Å². The van der Waals surface area contributed by atoms with Crippen LogP contribution >= 0.6 is 22.9 Å². The maximum Gasteiger partial charge on any atom is 0.150 e. The molecule has 4 rings (SSSR count). The highest BCUT2D eigenvalue weighted by atomic mass is 35.5.